The van der Waals surface area contributed by atoms with Crippen molar-refractivity contribution in [1.82, 2.24) is 15.1 Å². The van der Waals surface area contributed by atoms with E-state index in [9.17, 15) is 9.59 Å². The van der Waals surface area contributed by atoms with Gasteiger partial charge in [-0.1, -0.05) is 6.42 Å². The van der Waals surface area contributed by atoms with Crippen LogP contribution in [0.3, 0.4) is 0 Å². The number of halogens is 1. The first-order chi connectivity index (χ1) is 10.2. The van der Waals surface area contributed by atoms with Gasteiger partial charge in [0.1, 0.15) is 0 Å². The van der Waals surface area contributed by atoms with E-state index >= 15 is 0 Å². The topological polar surface area (TPSA) is 52.7 Å². The van der Waals surface area contributed by atoms with Gasteiger partial charge in [-0.3, -0.25) is 9.59 Å². The van der Waals surface area contributed by atoms with E-state index in [0.29, 0.717) is 18.4 Å². The first kappa shape index (κ1) is 17.5. The third kappa shape index (κ3) is 3.93. The highest BCUT2D eigenvalue weighted by molar-refractivity contribution is 5.85. The lowest BCUT2D eigenvalue weighted by Gasteiger charge is -2.39. The van der Waals surface area contributed by atoms with Gasteiger partial charge in [0.15, 0.2) is 0 Å². The molecule has 3 rings (SSSR count). The molecule has 0 unspecified atom stereocenters. The van der Waals surface area contributed by atoms with Gasteiger partial charge in [-0.15, -0.1) is 12.4 Å². The fourth-order valence-corrected chi connectivity index (χ4v) is 3.92. The van der Waals surface area contributed by atoms with E-state index in [1.165, 1.54) is 6.42 Å². The minimum atomic E-state index is 0. The average Bonchev–Trinajstić information content (AvgIpc) is 2.84. The van der Waals surface area contributed by atoms with Crippen molar-refractivity contribution in [3.8, 4) is 0 Å². The van der Waals surface area contributed by atoms with Gasteiger partial charge in [-0.2, -0.15) is 0 Å². The molecule has 3 aliphatic rings. The molecule has 0 aliphatic carbocycles. The minimum Gasteiger partial charge on any atom is -0.341 e. The SMILES string of the molecule is Cl.O=C(CN1CCCCCC1=O)N1CCC2(CCNC2)CC1. The van der Waals surface area contributed by atoms with Gasteiger partial charge < -0.3 is 15.1 Å². The van der Waals surface area contributed by atoms with Crippen molar-refractivity contribution in [3.05, 3.63) is 0 Å². The molecule has 3 aliphatic heterocycles. The van der Waals surface area contributed by atoms with Crippen LogP contribution in [-0.4, -0.2) is 60.9 Å². The largest absolute Gasteiger partial charge is 0.341 e. The number of piperidine rings is 1. The molecule has 1 spiro atoms. The summed E-state index contributed by atoms with van der Waals surface area (Å²) in [6.07, 6.45) is 7.20. The van der Waals surface area contributed by atoms with Crippen LogP contribution in [0.5, 0.6) is 0 Å². The van der Waals surface area contributed by atoms with Crippen LogP contribution < -0.4 is 5.32 Å². The molecular weight excluding hydrogens is 302 g/mol. The Morgan fingerprint density at radius 1 is 1.09 bits per heavy atom. The van der Waals surface area contributed by atoms with Crippen LogP contribution in [0.2, 0.25) is 0 Å². The highest BCUT2D eigenvalue weighted by atomic mass is 35.5. The Morgan fingerprint density at radius 3 is 2.55 bits per heavy atom. The zero-order valence-corrected chi connectivity index (χ0v) is 14.1. The summed E-state index contributed by atoms with van der Waals surface area (Å²) in [5.74, 6) is 0.306. The minimum absolute atomic E-state index is 0. The summed E-state index contributed by atoms with van der Waals surface area (Å²) in [7, 11) is 0. The Labute approximate surface area is 139 Å². The van der Waals surface area contributed by atoms with Crippen molar-refractivity contribution >= 4 is 24.2 Å². The number of amides is 2. The second-order valence-corrected chi connectivity index (χ2v) is 6.93. The molecule has 3 saturated heterocycles. The summed E-state index contributed by atoms with van der Waals surface area (Å²) in [4.78, 5) is 28.2. The fourth-order valence-electron chi connectivity index (χ4n) is 3.92. The Balaban J connectivity index is 0.00000176. The second-order valence-electron chi connectivity index (χ2n) is 6.93. The van der Waals surface area contributed by atoms with Crippen LogP contribution in [0, 0.1) is 5.41 Å². The van der Waals surface area contributed by atoms with Crippen molar-refractivity contribution in [2.24, 2.45) is 5.41 Å². The van der Waals surface area contributed by atoms with E-state index in [1.54, 1.807) is 4.90 Å². The number of carbonyl (C=O) groups excluding carboxylic acids is 2. The Hall–Kier alpha value is -0.810. The lowest BCUT2D eigenvalue weighted by Crippen LogP contribution is -2.48. The number of likely N-dealkylation sites (tertiary alicyclic amines) is 2. The molecule has 0 bridgehead atoms. The molecule has 2 amide bonds. The first-order valence-corrected chi connectivity index (χ1v) is 8.45. The maximum atomic E-state index is 12.4. The standard InChI is InChI=1S/C16H27N3O2.ClH/c20-14-4-2-1-3-9-19(14)12-15(21)18-10-6-16(7-11-18)5-8-17-13-16;/h17H,1-13H2;1H. The van der Waals surface area contributed by atoms with E-state index < -0.39 is 0 Å². The normalized spacial score (nSPS) is 25.0. The van der Waals surface area contributed by atoms with E-state index in [4.69, 9.17) is 0 Å². The lowest BCUT2D eigenvalue weighted by atomic mass is 9.78. The molecule has 126 valence electrons. The Kier molecular flexibility index (Phi) is 6.09. The van der Waals surface area contributed by atoms with Crippen molar-refractivity contribution in [1.29, 1.82) is 0 Å². The summed E-state index contributed by atoms with van der Waals surface area (Å²) in [5.41, 5.74) is 0.440. The molecule has 3 heterocycles. The van der Waals surface area contributed by atoms with Crippen LogP contribution in [0.15, 0.2) is 0 Å². The second kappa shape index (κ2) is 7.64. The molecule has 1 N–H and O–H groups in total. The van der Waals surface area contributed by atoms with Gasteiger partial charge in [0.05, 0.1) is 6.54 Å². The molecule has 3 fully saturated rings. The number of nitrogens with one attached hydrogen (secondary N) is 1. The zero-order valence-electron chi connectivity index (χ0n) is 13.3. The number of hydrogen-bond acceptors (Lipinski definition) is 3. The molecule has 0 atom stereocenters. The maximum absolute atomic E-state index is 12.4. The zero-order chi connectivity index (χ0) is 14.7. The summed E-state index contributed by atoms with van der Waals surface area (Å²) in [5, 5.41) is 3.45. The predicted octanol–water partition coefficient (Wildman–Crippen LogP) is 1.41. The quantitative estimate of drug-likeness (QED) is 0.833. The molecule has 0 saturated carbocycles. The van der Waals surface area contributed by atoms with E-state index in [1.807, 2.05) is 4.90 Å². The lowest BCUT2D eigenvalue weighted by molar-refractivity contribution is -0.141. The molecule has 0 aromatic carbocycles. The Morgan fingerprint density at radius 2 is 1.86 bits per heavy atom. The molecular formula is C16H28ClN3O2. The summed E-state index contributed by atoms with van der Waals surface area (Å²) >= 11 is 0. The number of carbonyl (C=O) groups is 2. The van der Waals surface area contributed by atoms with E-state index in [2.05, 4.69) is 5.32 Å². The smallest absolute Gasteiger partial charge is 0.242 e. The molecule has 0 radical (unpaired) electrons. The highest BCUT2D eigenvalue weighted by Crippen LogP contribution is 2.36. The summed E-state index contributed by atoms with van der Waals surface area (Å²) < 4.78 is 0. The third-order valence-corrected chi connectivity index (χ3v) is 5.51. The predicted molar refractivity (Wildman–Crippen MR) is 88.0 cm³/mol. The van der Waals surface area contributed by atoms with Gasteiger partial charge in [0, 0.05) is 32.6 Å². The van der Waals surface area contributed by atoms with Gasteiger partial charge in [0.2, 0.25) is 11.8 Å². The molecule has 6 heteroatoms. The van der Waals surface area contributed by atoms with Crippen LogP contribution in [-0.2, 0) is 9.59 Å². The van der Waals surface area contributed by atoms with E-state index in [0.717, 1.165) is 64.8 Å². The maximum Gasteiger partial charge on any atom is 0.242 e. The monoisotopic (exact) mass is 329 g/mol. The number of hydrogen-bond donors (Lipinski definition) is 1. The van der Waals surface area contributed by atoms with Crippen molar-refractivity contribution < 1.29 is 9.59 Å². The number of rotatable bonds is 2. The van der Waals surface area contributed by atoms with Gasteiger partial charge in [-0.05, 0) is 44.1 Å². The van der Waals surface area contributed by atoms with Gasteiger partial charge in [-0.25, -0.2) is 0 Å². The molecule has 0 aromatic heterocycles. The fraction of sp³-hybridized carbons (Fsp3) is 0.875. The molecule has 0 aromatic rings. The van der Waals surface area contributed by atoms with Crippen LogP contribution >= 0.6 is 12.4 Å². The molecule has 22 heavy (non-hydrogen) atoms. The van der Waals surface area contributed by atoms with Crippen LogP contribution in [0.25, 0.3) is 0 Å². The first-order valence-electron chi connectivity index (χ1n) is 8.45. The van der Waals surface area contributed by atoms with E-state index in [-0.39, 0.29) is 24.2 Å². The Bertz CT molecular complexity index is 400. The molecule has 5 nitrogen and oxygen atoms in total. The average molecular weight is 330 g/mol. The van der Waals surface area contributed by atoms with Gasteiger partial charge in [0.25, 0.3) is 0 Å². The van der Waals surface area contributed by atoms with Crippen molar-refractivity contribution in [3.63, 3.8) is 0 Å². The summed E-state index contributed by atoms with van der Waals surface area (Å²) in [6, 6.07) is 0. The van der Waals surface area contributed by atoms with Crippen molar-refractivity contribution in [2.75, 3.05) is 39.3 Å². The number of nitrogens with zero attached hydrogens (tertiary/aromatic N) is 2. The van der Waals surface area contributed by atoms with Crippen LogP contribution in [0.4, 0.5) is 0 Å². The third-order valence-electron chi connectivity index (χ3n) is 5.51. The van der Waals surface area contributed by atoms with Crippen LogP contribution in [0.1, 0.15) is 44.9 Å². The summed E-state index contributed by atoms with van der Waals surface area (Å²) in [6.45, 7) is 5.01. The van der Waals surface area contributed by atoms with Gasteiger partial charge >= 0.3 is 0 Å². The highest BCUT2D eigenvalue weighted by Gasteiger charge is 2.38. The van der Waals surface area contributed by atoms with Crippen molar-refractivity contribution in [2.45, 2.75) is 44.9 Å².